The lowest BCUT2D eigenvalue weighted by molar-refractivity contribution is -0.327. The van der Waals surface area contributed by atoms with E-state index in [1.165, 1.54) is 27.7 Å². The fraction of sp³-hybridized carbons (Fsp3) is 0.600. The Hall–Kier alpha value is -4.16. The average molecular weight is 723 g/mol. The predicted octanol–water partition coefficient (Wildman–Crippen LogP) is 5.87. The molecule has 12 heteroatoms. The minimum atomic E-state index is -1.24. The highest BCUT2D eigenvalue weighted by molar-refractivity contribution is 5.69. The van der Waals surface area contributed by atoms with E-state index in [9.17, 15) is 19.2 Å². The van der Waals surface area contributed by atoms with Gasteiger partial charge in [-0.05, 0) is 71.7 Å². The summed E-state index contributed by atoms with van der Waals surface area (Å²) in [5.74, 6) is -3.25. The van der Waals surface area contributed by atoms with Gasteiger partial charge in [-0.2, -0.15) is 0 Å². The van der Waals surface area contributed by atoms with Crippen molar-refractivity contribution in [1.82, 2.24) is 0 Å². The zero-order chi connectivity index (χ0) is 37.5. The lowest BCUT2D eigenvalue weighted by Crippen LogP contribution is -2.66. The predicted molar refractivity (Wildman–Crippen MR) is 186 cm³/mol. The van der Waals surface area contributed by atoms with Gasteiger partial charge in [0.25, 0.3) is 0 Å². The number of ether oxygens (including phenoxy) is 8. The summed E-state index contributed by atoms with van der Waals surface area (Å²) in [7, 11) is 0. The molecule has 2 saturated heterocycles. The van der Waals surface area contributed by atoms with E-state index in [2.05, 4.69) is 32.9 Å². The molecule has 2 fully saturated rings. The molecule has 4 aliphatic heterocycles. The first-order valence-electron chi connectivity index (χ1n) is 18.3. The second kappa shape index (κ2) is 14.7. The highest BCUT2D eigenvalue weighted by atomic mass is 16.7. The topological polar surface area (TPSA) is 142 Å². The number of hydrogen-bond acceptors (Lipinski definition) is 12. The molecular formula is C40H50O12. The fourth-order valence-corrected chi connectivity index (χ4v) is 8.36. The highest BCUT2D eigenvalue weighted by Crippen LogP contribution is 2.49. The molecule has 2 spiro atoms. The van der Waals surface area contributed by atoms with E-state index in [4.69, 9.17) is 37.9 Å². The van der Waals surface area contributed by atoms with Gasteiger partial charge in [-0.15, -0.1) is 0 Å². The molecule has 4 heterocycles. The summed E-state index contributed by atoms with van der Waals surface area (Å²) >= 11 is 0. The van der Waals surface area contributed by atoms with Crippen LogP contribution in [0.1, 0.15) is 85.8 Å². The Labute approximate surface area is 304 Å². The van der Waals surface area contributed by atoms with Crippen molar-refractivity contribution < 1.29 is 57.1 Å². The number of benzene rings is 2. The van der Waals surface area contributed by atoms with Crippen molar-refractivity contribution in [3.05, 3.63) is 47.5 Å². The van der Waals surface area contributed by atoms with E-state index in [-0.39, 0.29) is 30.5 Å². The highest BCUT2D eigenvalue weighted by Gasteiger charge is 2.59. The molecule has 0 amide bonds. The summed E-state index contributed by atoms with van der Waals surface area (Å²) in [4.78, 5) is 48.2. The van der Waals surface area contributed by atoms with Gasteiger partial charge in [0.1, 0.15) is 24.2 Å². The molecule has 52 heavy (non-hydrogen) atoms. The SMILES string of the molecule is CC[C@H]1O[C@@]2(CCc3cc(-c4ccc5c(c4)CC[C@]4(O5)O[C@H](COC(C)=O)[C@@H](OC(C)=O)[C@H](OC(C)=O)[C@@H]4C)ccc3O2)[C@@H](OC(C)=O)[C@@H](C)[C@@H]1C. The maximum atomic E-state index is 12.2. The van der Waals surface area contributed by atoms with Crippen LogP contribution in [0.15, 0.2) is 36.4 Å². The van der Waals surface area contributed by atoms with Gasteiger partial charge in [-0.25, -0.2) is 0 Å². The Bertz CT molecular complexity index is 1710. The minimum Gasteiger partial charge on any atom is -0.463 e. The van der Waals surface area contributed by atoms with Crippen LogP contribution in [0.5, 0.6) is 11.5 Å². The first-order valence-corrected chi connectivity index (χ1v) is 18.3. The van der Waals surface area contributed by atoms with Gasteiger partial charge in [-0.3, -0.25) is 19.2 Å². The zero-order valence-electron chi connectivity index (χ0n) is 31.2. The third-order valence-corrected chi connectivity index (χ3v) is 11.2. The van der Waals surface area contributed by atoms with Crippen molar-refractivity contribution in [2.24, 2.45) is 17.8 Å². The Morgan fingerprint density at radius 2 is 1.19 bits per heavy atom. The minimum absolute atomic E-state index is 0.0101. The molecule has 0 N–H and O–H groups in total. The molecule has 0 saturated carbocycles. The first-order chi connectivity index (χ1) is 24.6. The normalized spacial score (nSPS) is 33.5. The first kappa shape index (κ1) is 37.6. The van der Waals surface area contributed by atoms with E-state index >= 15 is 0 Å². The molecule has 6 rings (SSSR count). The van der Waals surface area contributed by atoms with Crippen molar-refractivity contribution in [3.63, 3.8) is 0 Å². The van der Waals surface area contributed by atoms with Crippen LogP contribution in [0.4, 0.5) is 0 Å². The molecule has 0 bridgehead atoms. The molecule has 2 aromatic rings. The number of hydrogen-bond donors (Lipinski definition) is 0. The molecule has 4 aliphatic rings. The number of fused-ring (bicyclic) bond motifs is 2. The van der Waals surface area contributed by atoms with E-state index in [1.54, 1.807) is 0 Å². The van der Waals surface area contributed by atoms with Gasteiger partial charge in [0.2, 0.25) is 11.6 Å². The Balaban J connectivity index is 1.24. The third-order valence-electron chi connectivity index (χ3n) is 11.2. The molecule has 10 atom stereocenters. The largest absolute Gasteiger partial charge is 0.463 e. The van der Waals surface area contributed by atoms with E-state index < -0.39 is 59.8 Å². The summed E-state index contributed by atoms with van der Waals surface area (Å²) in [5, 5.41) is 0. The number of aryl methyl sites for hydroxylation is 2. The molecular weight excluding hydrogens is 672 g/mol. The quantitative estimate of drug-likeness (QED) is 0.249. The second-order valence-corrected chi connectivity index (χ2v) is 14.7. The Morgan fingerprint density at radius 1 is 0.673 bits per heavy atom. The maximum Gasteiger partial charge on any atom is 0.303 e. The lowest BCUT2D eigenvalue weighted by atomic mass is 9.76. The molecule has 12 nitrogen and oxygen atoms in total. The average Bonchev–Trinajstić information content (AvgIpc) is 3.10. The maximum absolute atomic E-state index is 12.2. The molecule has 0 unspecified atom stereocenters. The van der Waals surface area contributed by atoms with Crippen LogP contribution in [0, 0.1) is 17.8 Å². The number of esters is 4. The molecule has 0 radical (unpaired) electrons. The molecule has 0 aliphatic carbocycles. The van der Waals surface area contributed by atoms with Gasteiger partial charge in [0.15, 0.2) is 18.3 Å². The van der Waals surface area contributed by atoms with Crippen LogP contribution >= 0.6 is 0 Å². The van der Waals surface area contributed by atoms with E-state index in [1.807, 2.05) is 31.2 Å². The summed E-state index contributed by atoms with van der Waals surface area (Å²) in [6.07, 6.45) is -0.313. The second-order valence-electron chi connectivity index (χ2n) is 14.7. The van der Waals surface area contributed by atoms with Crippen molar-refractivity contribution in [2.45, 2.75) is 130 Å². The van der Waals surface area contributed by atoms with Crippen LogP contribution in [0.25, 0.3) is 11.1 Å². The van der Waals surface area contributed by atoms with Crippen molar-refractivity contribution in [3.8, 4) is 22.6 Å². The Kier molecular flexibility index (Phi) is 10.6. The van der Waals surface area contributed by atoms with Crippen LogP contribution in [0.2, 0.25) is 0 Å². The summed E-state index contributed by atoms with van der Waals surface area (Å²) in [6.45, 7) is 13.2. The van der Waals surface area contributed by atoms with Gasteiger partial charge < -0.3 is 37.9 Å². The van der Waals surface area contributed by atoms with Crippen LogP contribution in [-0.2, 0) is 60.4 Å². The smallest absolute Gasteiger partial charge is 0.303 e. The van der Waals surface area contributed by atoms with Gasteiger partial charge in [0.05, 0.1) is 12.0 Å². The van der Waals surface area contributed by atoms with Crippen LogP contribution < -0.4 is 9.47 Å². The Morgan fingerprint density at radius 3 is 1.73 bits per heavy atom. The summed E-state index contributed by atoms with van der Waals surface area (Å²) < 4.78 is 48.9. The third kappa shape index (κ3) is 7.24. The fourth-order valence-electron chi connectivity index (χ4n) is 8.36. The number of carbonyl (C=O) groups excluding carboxylic acids is 4. The van der Waals surface area contributed by atoms with Crippen LogP contribution in [-0.4, -0.2) is 72.6 Å². The van der Waals surface area contributed by atoms with Gasteiger partial charge in [0, 0.05) is 46.5 Å². The number of rotatable bonds is 7. The zero-order valence-corrected chi connectivity index (χ0v) is 31.2. The molecule has 0 aromatic heterocycles. The van der Waals surface area contributed by atoms with Crippen molar-refractivity contribution in [1.29, 1.82) is 0 Å². The van der Waals surface area contributed by atoms with Crippen molar-refractivity contribution >= 4 is 23.9 Å². The standard InChI is InChI=1S/C40H50O12/c1-9-32-21(2)22(3)38(48-27(8)44)40(49-32)17-15-31-19-29(11-13-34(31)51-40)28-10-12-33-30(18-28)14-16-39(50-33)23(4)36(46-25(6)42)37(47-26(7)43)35(52-39)20-45-24(5)41/h10-13,18-19,21-23,32,35-38H,9,14-17,20H2,1-8H3/t21-,22-,23-,32+,35+,36+,37+,38-,39-,40+/m0/s1. The summed E-state index contributed by atoms with van der Waals surface area (Å²) in [6, 6.07) is 12.1. The molecule has 2 aromatic carbocycles. The van der Waals surface area contributed by atoms with Crippen LogP contribution in [0.3, 0.4) is 0 Å². The summed E-state index contributed by atoms with van der Waals surface area (Å²) in [5.41, 5.74) is 4.03. The number of carbonyl (C=O) groups is 4. The van der Waals surface area contributed by atoms with Crippen molar-refractivity contribution in [2.75, 3.05) is 6.61 Å². The van der Waals surface area contributed by atoms with E-state index in [0.717, 1.165) is 28.7 Å². The molecule has 282 valence electrons. The monoisotopic (exact) mass is 722 g/mol. The van der Waals surface area contributed by atoms with Gasteiger partial charge >= 0.3 is 23.9 Å². The lowest BCUT2D eigenvalue weighted by Gasteiger charge is -2.52. The van der Waals surface area contributed by atoms with E-state index in [0.29, 0.717) is 37.2 Å². The van der Waals surface area contributed by atoms with Gasteiger partial charge in [-0.1, -0.05) is 39.8 Å².